The molecule has 33 heavy (non-hydrogen) atoms. The molecular weight excluding hydrogens is 414 g/mol. The number of hydrogen-bond donors (Lipinski definition) is 0. The molecule has 6 nitrogen and oxygen atoms in total. The number of aromatic nitrogens is 1. The topological polar surface area (TPSA) is 54.9 Å². The molecule has 0 saturated carbocycles. The van der Waals surface area contributed by atoms with Gasteiger partial charge in [0.25, 0.3) is 0 Å². The highest BCUT2D eigenvalue weighted by atomic mass is 16.6. The second kappa shape index (κ2) is 9.14. The molecule has 1 atom stereocenters. The first-order valence-electron chi connectivity index (χ1n) is 11.4. The second-order valence-electron chi connectivity index (χ2n) is 8.20. The molecule has 0 saturated heterocycles. The molecule has 2 aromatic carbocycles. The van der Waals surface area contributed by atoms with Gasteiger partial charge in [-0.05, 0) is 51.1 Å². The van der Waals surface area contributed by atoms with Crippen LogP contribution in [0.1, 0.15) is 48.0 Å². The van der Waals surface area contributed by atoms with Crippen LogP contribution in [0.5, 0.6) is 5.75 Å². The first-order valence-corrected chi connectivity index (χ1v) is 11.4. The van der Waals surface area contributed by atoms with E-state index in [4.69, 9.17) is 9.47 Å². The molecule has 0 fully saturated rings. The molecule has 0 N–H and O–H groups in total. The molecule has 1 aliphatic rings. The van der Waals surface area contributed by atoms with Crippen molar-refractivity contribution in [1.29, 1.82) is 0 Å². The summed E-state index contributed by atoms with van der Waals surface area (Å²) in [6.45, 7) is 8.50. The van der Waals surface area contributed by atoms with Crippen LogP contribution in [-0.2, 0) is 10.3 Å². The van der Waals surface area contributed by atoms with Crippen molar-refractivity contribution in [2.45, 2.75) is 26.4 Å². The predicted molar refractivity (Wildman–Crippen MR) is 131 cm³/mol. The van der Waals surface area contributed by atoms with Crippen molar-refractivity contribution >= 4 is 17.3 Å². The Balaban J connectivity index is 1.98. The Morgan fingerprint density at radius 1 is 0.939 bits per heavy atom. The Kier molecular flexibility index (Phi) is 6.27. The average molecular weight is 446 g/mol. The van der Waals surface area contributed by atoms with Crippen molar-refractivity contribution in [3.63, 3.8) is 0 Å². The van der Waals surface area contributed by atoms with Crippen LogP contribution in [0, 0.1) is 0 Å². The quantitative estimate of drug-likeness (QED) is 0.462. The average Bonchev–Trinajstić information content (AvgIpc) is 3.14. The van der Waals surface area contributed by atoms with E-state index < -0.39 is 11.6 Å². The summed E-state index contributed by atoms with van der Waals surface area (Å²) in [5.74, 6) is 0.264. The molecule has 2 heterocycles. The second-order valence-corrected chi connectivity index (χ2v) is 8.20. The summed E-state index contributed by atoms with van der Waals surface area (Å²) >= 11 is 0. The van der Waals surface area contributed by atoms with Crippen LogP contribution in [0.15, 0.2) is 60.8 Å². The smallest absolute Gasteiger partial charge is 0.358 e. The highest BCUT2D eigenvalue weighted by Crippen LogP contribution is 2.50. The predicted octanol–water partition coefficient (Wildman–Crippen LogP) is 4.85. The van der Waals surface area contributed by atoms with E-state index in [2.05, 4.69) is 29.8 Å². The fourth-order valence-corrected chi connectivity index (χ4v) is 4.52. The number of fused-ring (bicyclic) bond motifs is 1. The number of cyclic esters (lactones) is 1. The first kappa shape index (κ1) is 22.6. The number of esters is 1. The maximum absolute atomic E-state index is 13.0. The zero-order valence-electron chi connectivity index (χ0n) is 20.0. The van der Waals surface area contributed by atoms with Gasteiger partial charge in [0.05, 0.1) is 6.61 Å². The van der Waals surface area contributed by atoms with Crippen LogP contribution in [0.4, 0.5) is 11.4 Å². The summed E-state index contributed by atoms with van der Waals surface area (Å²) in [6.07, 6.45) is 1.62. The van der Waals surface area contributed by atoms with Gasteiger partial charge < -0.3 is 19.3 Å². The molecular formula is C27H31N3O3. The van der Waals surface area contributed by atoms with E-state index in [1.807, 2.05) is 74.4 Å². The molecule has 1 aromatic heterocycles. The van der Waals surface area contributed by atoms with Crippen molar-refractivity contribution in [2.24, 2.45) is 0 Å². The van der Waals surface area contributed by atoms with Crippen LogP contribution in [0.2, 0.25) is 0 Å². The Bertz CT molecular complexity index is 1140. The van der Waals surface area contributed by atoms with Crippen LogP contribution in [-0.4, -0.2) is 44.7 Å². The summed E-state index contributed by atoms with van der Waals surface area (Å²) < 4.78 is 12.4. The first-order chi connectivity index (χ1) is 16.0. The van der Waals surface area contributed by atoms with Crippen molar-refractivity contribution < 1.29 is 14.3 Å². The maximum atomic E-state index is 13.0. The lowest BCUT2D eigenvalue weighted by Gasteiger charge is -2.32. The molecule has 0 amide bonds. The van der Waals surface area contributed by atoms with Crippen LogP contribution < -0.4 is 14.5 Å². The van der Waals surface area contributed by atoms with E-state index in [1.165, 1.54) is 0 Å². The molecule has 0 radical (unpaired) electrons. The minimum Gasteiger partial charge on any atom is -0.493 e. The number of nitrogens with zero attached hydrogens (tertiary/aromatic N) is 3. The lowest BCUT2D eigenvalue weighted by atomic mass is 9.80. The monoisotopic (exact) mass is 445 g/mol. The summed E-state index contributed by atoms with van der Waals surface area (Å²) in [5.41, 5.74) is 3.70. The molecule has 0 spiro atoms. The minimum absolute atomic E-state index is 0.337. The van der Waals surface area contributed by atoms with Gasteiger partial charge in [0.1, 0.15) is 5.75 Å². The van der Waals surface area contributed by atoms with Crippen molar-refractivity contribution in [2.75, 3.05) is 43.6 Å². The van der Waals surface area contributed by atoms with E-state index in [0.717, 1.165) is 41.2 Å². The number of carbonyl (C=O) groups is 1. The summed E-state index contributed by atoms with van der Waals surface area (Å²) in [6, 6.07) is 18.0. The van der Waals surface area contributed by atoms with E-state index in [9.17, 15) is 4.79 Å². The van der Waals surface area contributed by atoms with Gasteiger partial charge in [-0.1, -0.05) is 18.2 Å². The standard InChI is InChI=1S/C27H31N3O3/c1-6-30(7-2)21-15-16-22(24(18-21)32-8-3)27(19-11-13-20(14-12-19)29(4)5)23-10-9-17-28-25(23)26(31)33-27/h9-18H,6-8H2,1-5H3. The van der Waals surface area contributed by atoms with Gasteiger partial charge in [-0.2, -0.15) is 0 Å². The van der Waals surface area contributed by atoms with Crippen molar-refractivity contribution in [1.82, 2.24) is 4.98 Å². The molecule has 0 aliphatic carbocycles. The zero-order valence-corrected chi connectivity index (χ0v) is 20.0. The van der Waals surface area contributed by atoms with Gasteiger partial charge in [-0.3, -0.25) is 0 Å². The Morgan fingerprint density at radius 2 is 1.64 bits per heavy atom. The number of rotatable bonds is 8. The fourth-order valence-electron chi connectivity index (χ4n) is 4.52. The number of pyridine rings is 1. The molecule has 6 heteroatoms. The minimum atomic E-state index is -1.14. The van der Waals surface area contributed by atoms with Crippen LogP contribution in [0.25, 0.3) is 0 Å². The Labute approximate surface area is 195 Å². The SMILES string of the molecule is CCOc1cc(N(CC)CC)ccc1C1(c2ccc(N(C)C)cc2)OC(=O)c2ncccc21. The van der Waals surface area contributed by atoms with E-state index in [-0.39, 0.29) is 0 Å². The highest BCUT2D eigenvalue weighted by Gasteiger charge is 2.51. The molecule has 1 aliphatic heterocycles. The highest BCUT2D eigenvalue weighted by molar-refractivity contribution is 5.94. The number of ether oxygens (including phenoxy) is 2. The molecule has 4 rings (SSSR count). The Hall–Kier alpha value is -3.54. The van der Waals surface area contributed by atoms with Gasteiger partial charge in [-0.15, -0.1) is 0 Å². The fraction of sp³-hybridized carbons (Fsp3) is 0.333. The third-order valence-corrected chi connectivity index (χ3v) is 6.19. The van der Waals surface area contributed by atoms with Crippen LogP contribution in [0.3, 0.4) is 0 Å². The lowest BCUT2D eigenvalue weighted by molar-refractivity contribution is 0.0241. The number of benzene rings is 2. The molecule has 0 bridgehead atoms. The van der Waals surface area contributed by atoms with Crippen molar-refractivity contribution in [3.8, 4) is 5.75 Å². The summed E-state index contributed by atoms with van der Waals surface area (Å²) in [7, 11) is 4.00. The Morgan fingerprint density at radius 3 is 2.27 bits per heavy atom. The van der Waals surface area contributed by atoms with Gasteiger partial charge in [0, 0.05) is 67.5 Å². The summed E-state index contributed by atoms with van der Waals surface area (Å²) in [5, 5.41) is 0. The largest absolute Gasteiger partial charge is 0.493 e. The van der Waals surface area contributed by atoms with Gasteiger partial charge >= 0.3 is 5.97 Å². The zero-order chi connectivity index (χ0) is 23.6. The summed E-state index contributed by atoms with van der Waals surface area (Å²) in [4.78, 5) is 21.7. The van der Waals surface area contributed by atoms with Crippen molar-refractivity contribution in [3.05, 3.63) is 83.2 Å². The van der Waals surface area contributed by atoms with E-state index >= 15 is 0 Å². The van der Waals surface area contributed by atoms with Gasteiger partial charge in [-0.25, -0.2) is 9.78 Å². The molecule has 1 unspecified atom stereocenters. The van der Waals surface area contributed by atoms with E-state index in [0.29, 0.717) is 18.1 Å². The molecule has 3 aromatic rings. The number of hydrogen-bond acceptors (Lipinski definition) is 6. The normalized spacial score (nSPS) is 16.8. The molecule has 172 valence electrons. The van der Waals surface area contributed by atoms with E-state index in [1.54, 1.807) is 6.20 Å². The lowest BCUT2D eigenvalue weighted by Crippen LogP contribution is -2.31. The maximum Gasteiger partial charge on any atom is 0.358 e. The van der Waals surface area contributed by atoms with Crippen LogP contribution >= 0.6 is 0 Å². The third kappa shape index (κ3) is 3.80. The third-order valence-electron chi connectivity index (χ3n) is 6.19. The number of carbonyl (C=O) groups excluding carboxylic acids is 1. The van der Waals surface area contributed by atoms with Gasteiger partial charge in [0.2, 0.25) is 0 Å². The van der Waals surface area contributed by atoms with Gasteiger partial charge in [0.15, 0.2) is 11.3 Å². The number of anilines is 2.